The van der Waals surface area contributed by atoms with Crippen LogP contribution in [0.25, 0.3) is 0 Å². The van der Waals surface area contributed by atoms with Gasteiger partial charge in [-0.2, -0.15) is 0 Å². The minimum atomic E-state index is -0.00886. The molecule has 1 rings (SSSR count). The molecule has 0 saturated carbocycles. The van der Waals surface area contributed by atoms with Gasteiger partial charge in [0.25, 0.3) is 0 Å². The summed E-state index contributed by atoms with van der Waals surface area (Å²) in [7, 11) is 1.84. The molecule has 0 spiro atoms. The fourth-order valence-corrected chi connectivity index (χ4v) is 2.22. The van der Waals surface area contributed by atoms with Crippen molar-refractivity contribution in [3.8, 4) is 0 Å². The molecule has 0 saturated heterocycles. The quantitative estimate of drug-likeness (QED) is 0.833. The topological polar surface area (TPSA) is 41.1 Å². The third-order valence-corrected chi connectivity index (χ3v) is 3.25. The van der Waals surface area contributed by atoms with Crippen LogP contribution < -0.4 is 10.6 Å². The lowest BCUT2D eigenvalue weighted by Gasteiger charge is -2.10. The molecule has 1 unspecified atom stereocenters. The molecule has 15 heavy (non-hydrogen) atoms. The maximum Gasteiger partial charge on any atom is 0.224 e. The summed E-state index contributed by atoms with van der Waals surface area (Å²) in [5.41, 5.74) is 0. The smallest absolute Gasteiger partial charge is 0.224 e. The highest BCUT2D eigenvalue weighted by Gasteiger charge is 2.11. The van der Waals surface area contributed by atoms with Crippen LogP contribution in [0.2, 0.25) is 4.34 Å². The Bertz CT molecular complexity index is 327. The molecule has 0 fully saturated rings. The summed E-state index contributed by atoms with van der Waals surface area (Å²) in [6, 6.07) is 3.76. The van der Waals surface area contributed by atoms with Gasteiger partial charge in [-0.3, -0.25) is 4.79 Å². The van der Waals surface area contributed by atoms with E-state index in [1.54, 1.807) is 0 Å². The highest BCUT2D eigenvalue weighted by molar-refractivity contribution is 7.16. The zero-order valence-corrected chi connectivity index (χ0v) is 10.4. The van der Waals surface area contributed by atoms with Crippen molar-refractivity contribution in [1.29, 1.82) is 0 Å². The van der Waals surface area contributed by atoms with E-state index in [-0.39, 0.29) is 11.8 Å². The van der Waals surface area contributed by atoms with Gasteiger partial charge in [-0.05, 0) is 19.2 Å². The number of thiophene rings is 1. The minimum absolute atomic E-state index is 0.00886. The molecule has 84 valence electrons. The van der Waals surface area contributed by atoms with Crippen molar-refractivity contribution in [3.63, 3.8) is 0 Å². The zero-order valence-electron chi connectivity index (χ0n) is 8.84. The normalized spacial score (nSPS) is 12.5. The van der Waals surface area contributed by atoms with E-state index in [1.807, 2.05) is 26.1 Å². The van der Waals surface area contributed by atoms with Gasteiger partial charge in [0, 0.05) is 17.3 Å². The SMILES string of the molecule is CNCC(C)C(=O)NCc1ccc(Cl)s1. The molecule has 1 atom stereocenters. The van der Waals surface area contributed by atoms with E-state index in [1.165, 1.54) is 11.3 Å². The average molecular weight is 247 g/mol. The third kappa shape index (κ3) is 4.20. The van der Waals surface area contributed by atoms with Crippen molar-refractivity contribution < 1.29 is 4.79 Å². The summed E-state index contributed by atoms with van der Waals surface area (Å²) in [6.07, 6.45) is 0. The lowest BCUT2D eigenvalue weighted by atomic mass is 10.1. The number of hydrogen-bond acceptors (Lipinski definition) is 3. The highest BCUT2D eigenvalue weighted by atomic mass is 35.5. The van der Waals surface area contributed by atoms with Gasteiger partial charge >= 0.3 is 0 Å². The monoisotopic (exact) mass is 246 g/mol. The van der Waals surface area contributed by atoms with E-state index >= 15 is 0 Å². The number of carbonyl (C=O) groups excluding carboxylic acids is 1. The van der Waals surface area contributed by atoms with Crippen molar-refractivity contribution in [1.82, 2.24) is 10.6 Å². The van der Waals surface area contributed by atoms with Crippen LogP contribution >= 0.6 is 22.9 Å². The fourth-order valence-electron chi connectivity index (χ4n) is 1.19. The number of amides is 1. The standard InChI is InChI=1S/C10H15ClN2OS/c1-7(5-12-2)10(14)13-6-8-3-4-9(11)15-8/h3-4,7,12H,5-6H2,1-2H3,(H,13,14). The Hall–Kier alpha value is -0.580. The average Bonchev–Trinajstić information content (AvgIpc) is 2.61. The van der Waals surface area contributed by atoms with E-state index < -0.39 is 0 Å². The molecule has 0 bridgehead atoms. The van der Waals surface area contributed by atoms with Crippen molar-refractivity contribution in [2.75, 3.05) is 13.6 Å². The van der Waals surface area contributed by atoms with Crippen molar-refractivity contribution in [2.24, 2.45) is 5.92 Å². The number of rotatable bonds is 5. The second-order valence-corrected chi connectivity index (χ2v) is 5.18. The third-order valence-electron chi connectivity index (χ3n) is 2.02. The van der Waals surface area contributed by atoms with Crippen LogP contribution in [0.1, 0.15) is 11.8 Å². The number of carbonyl (C=O) groups is 1. The Morgan fingerprint density at radius 1 is 1.60 bits per heavy atom. The zero-order chi connectivity index (χ0) is 11.3. The van der Waals surface area contributed by atoms with Gasteiger partial charge in [0.15, 0.2) is 0 Å². The summed E-state index contributed by atoms with van der Waals surface area (Å²) in [5, 5.41) is 5.84. The van der Waals surface area contributed by atoms with Gasteiger partial charge in [0.05, 0.1) is 10.9 Å². The molecular formula is C10H15ClN2OS. The number of nitrogens with one attached hydrogen (secondary N) is 2. The predicted octanol–water partition coefficient (Wildman–Crippen LogP) is 1.87. The molecule has 1 aromatic rings. The van der Waals surface area contributed by atoms with Crippen molar-refractivity contribution in [2.45, 2.75) is 13.5 Å². The first-order valence-electron chi connectivity index (χ1n) is 4.80. The first-order valence-corrected chi connectivity index (χ1v) is 5.99. The summed E-state index contributed by atoms with van der Waals surface area (Å²) in [6.45, 7) is 3.15. The molecular weight excluding hydrogens is 232 g/mol. The molecule has 0 radical (unpaired) electrons. The van der Waals surface area contributed by atoms with E-state index in [9.17, 15) is 4.79 Å². The minimum Gasteiger partial charge on any atom is -0.351 e. The van der Waals surface area contributed by atoms with Crippen LogP contribution in [0, 0.1) is 5.92 Å². The highest BCUT2D eigenvalue weighted by Crippen LogP contribution is 2.20. The van der Waals surface area contributed by atoms with E-state index in [0.29, 0.717) is 13.1 Å². The molecule has 1 heterocycles. The van der Waals surface area contributed by atoms with Gasteiger partial charge in [0.1, 0.15) is 0 Å². The van der Waals surface area contributed by atoms with Gasteiger partial charge in [-0.15, -0.1) is 11.3 Å². The molecule has 0 aliphatic heterocycles. The maximum absolute atomic E-state index is 11.5. The Morgan fingerprint density at radius 2 is 2.33 bits per heavy atom. The molecule has 0 aliphatic carbocycles. The van der Waals surface area contributed by atoms with Crippen LogP contribution in [0.5, 0.6) is 0 Å². The van der Waals surface area contributed by atoms with Crippen LogP contribution in [-0.2, 0) is 11.3 Å². The summed E-state index contributed by atoms with van der Waals surface area (Å²) in [4.78, 5) is 12.6. The fraction of sp³-hybridized carbons (Fsp3) is 0.500. The first kappa shape index (κ1) is 12.5. The van der Waals surface area contributed by atoms with Gasteiger partial charge in [-0.1, -0.05) is 18.5 Å². The van der Waals surface area contributed by atoms with Gasteiger partial charge < -0.3 is 10.6 Å². The Labute approximate surface area is 98.8 Å². The summed E-state index contributed by atoms with van der Waals surface area (Å²) >= 11 is 7.27. The summed E-state index contributed by atoms with van der Waals surface area (Å²) < 4.78 is 0.752. The van der Waals surface area contributed by atoms with E-state index in [0.717, 1.165) is 9.21 Å². The number of halogens is 1. The second-order valence-electron chi connectivity index (χ2n) is 3.38. The largest absolute Gasteiger partial charge is 0.351 e. The first-order chi connectivity index (χ1) is 7.13. The van der Waals surface area contributed by atoms with Gasteiger partial charge in [0.2, 0.25) is 5.91 Å². The molecule has 5 heteroatoms. The Balaban J connectivity index is 2.34. The Kier molecular flexibility index (Phi) is 5.08. The van der Waals surface area contributed by atoms with Gasteiger partial charge in [-0.25, -0.2) is 0 Å². The van der Waals surface area contributed by atoms with Crippen molar-refractivity contribution in [3.05, 3.63) is 21.3 Å². The molecule has 1 aromatic heterocycles. The molecule has 2 N–H and O–H groups in total. The van der Waals surface area contributed by atoms with E-state index in [4.69, 9.17) is 11.6 Å². The lowest BCUT2D eigenvalue weighted by molar-refractivity contribution is -0.124. The predicted molar refractivity (Wildman–Crippen MR) is 64.3 cm³/mol. The second kappa shape index (κ2) is 6.10. The van der Waals surface area contributed by atoms with E-state index in [2.05, 4.69) is 10.6 Å². The molecule has 1 amide bonds. The Morgan fingerprint density at radius 3 is 2.87 bits per heavy atom. The summed E-state index contributed by atoms with van der Waals surface area (Å²) in [5.74, 6) is 0.0549. The van der Waals surface area contributed by atoms with Crippen LogP contribution in [0.15, 0.2) is 12.1 Å². The van der Waals surface area contributed by atoms with Crippen LogP contribution in [0.3, 0.4) is 0 Å². The van der Waals surface area contributed by atoms with Crippen LogP contribution in [-0.4, -0.2) is 19.5 Å². The molecule has 0 aromatic carbocycles. The van der Waals surface area contributed by atoms with Crippen molar-refractivity contribution >= 4 is 28.8 Å². The number of hydrogen-bond donors (Lipinski definition) is 2. The molecule has 0 aliphatic rings. The molecule has 3 nitrogen and oxygen atoms in total. The lowest BCUT2D eigenvalue weighted by Crippen LogP contribution is -2.33. The maximum atomic E-state index is 11.5. The van der Waals surface area contributed by atoms with Crippen LogP contribution in [0.4, 0.5) is 0 Å².